The van der Waals surface area contributed by atoms with Crippen LogP contribution in [0.15, 0.2) is 12.7 Å². The van der Waals surface area contributed by atoms with Crippen molar-refractivity contribution < 1.29 is 9.90 Å². The number of amides is 1. The van der Waals surface area contributed by atoms with Crippen molar-refractivity contribution >= 4 is 18.3 Å². The molecule has 0 radical (unpaired) electrons. The highest BCUT2D eigenvalue weighted by Gasteiger charge is 2.41. The molecule has 0 aromatic rings. The fraction of sp³-hybridized carbons (Fsp3) is 0.571. The van der Waals surface area contributed by atoms with Gasteiger partial charge < -0.3 is 15.7 Å². The third-order valence-electron chi connectivity index (χ3n) is 1.66. The van der Waals surface area contributed by atoms with Crippen molar-refractivity contribution in [2.24, 2.45) is 0 Å². The van der Waals surface area contributed by atoms with Crippen LogP contribution in [-0.4, -0.2) is 36.2 Å². The first-order valence-electron chi connectivity index (χ1n) is 3.51. The highest BCUT2D eigenvalue weighted by atomic mass is 35.5. The van der Waals surface area contributed by atoms with E-state index in [1.54, 1.807) is 6.08 Å². The Morgan fingerprint density at radius 3 is 2.67 bits per heavy atom. The van der Waals surface area contributed by atoms with Gasteiger partial charge in [-0.25, -0.2) is 0 Å². The molecule has 5 heteroatoms. The first kappa shape index (κ1) is 11.4. The highest BCUT2D eigenvalue weighted by molar-refractivity contribution is 5.86. The lowest BCUT2D eigenvalue weighted by Gasteiger charge is -2.35. The molecule has 1 saturated heterocycles. The van der Waals surface area contributed by atoms with Crippen LogP contribution in [-0.2, 0) is 4.79 Å². The highest BCUT2D eigenvalue weighted by Crippen LogP contribution is 2.09. The maximum Gasteiger partial charge on any atom is 0.254 e. The second-order valence-electron chi connectivity index (χ2n) is 2.63. The molecule has 0 saturated carbocycles. The maximum absolute atomic E-state index is 11.1. The number of carbonyl (C=O) groups excluding carboxylic acids is 1. The van der Waals surface area contributed by atoms with Crippen LogP contribution in [0.1, 0.15) is 0 Å². The number of rotatable bonds is 3. The Hall–Kier alpha value is -0.580. The van der Waals surface area contributed by atoms with Crippen LogP contribution >= 0.6 is 12.4 Å². The molecule has 1 fully saturated rings. The fourth-order valence-electron chi connectivity index (χ4n) is 0.852. The van der Waals surface area contributed by atoms with Gasteiger partial charge in [0, 0.05) is 19.6 Å². The van der Waals surface area contributed by atoms with Gasteiger partial charge in [-0.15, -0.1) is 19.0 Å². The molecule has 0 spiro atoms. The SMILES string of the molecule is C=CCNC(=O)C1(O)CNC1.Cl. The quantitative estimate of drug-likeness (QED) is 0.505. The smallest absolute Gasteiger partial charge is 0.254 e. The first-order valence-corrected chi connectivity index (χ1v) is 3.51. The number of carbonyl (C=O) groups is 1. The Labute approximate surface area is 77.4 Å². The van der Waals surface area contributed by atoms with E-state index in [4.69, 9.17) is 0 Å². The molecule has 0 atom stereocenters. The summed E-state index contributed by atoms with van der Waals surface area (Å²) in [4.78, 5) is 11.1. The molecule has 12 heavy (non-hydrogen) atoms. The van der Waals surface area contributed by atoms with Crippen LogP contribution in [0, 0.1) is 0 Å². The summed E-state index contributed by atoms with van der Waals surface area (Å²) in [5, 5.41) is 14.7. The molecule has 1 aliphatic rings. The normalized spacial score (nSPS) is 18.4. The number of aliphatic hydroxyl groups is 1. The van der Waals surface area contributed by atoms with Crippen molar-refractivity contribution in [2.45, 2.75) is 5.60 Å². The average Bonchev–Trinajstić information content (AvgIpc) is 1.95. The molecule has 4 nitrogen and oxygen atoms in total. The lowest BCUT2D eigenvalue weighted by molar-refractivity contribution is -0.144. The molecule has 1 amide bonds. The zero-order valence-electron chi connectivity index (χ0n) is 6.67. The predicted molar refractivity (Wildman–Crippen MR) is 48.3 cm³/mol. The van der Waals surface area contributed by atoms with Crippen LogP contribution in [0.4, 0.5) is 0 Å². The summed E-state index contributed by atoms with van der Waals surface area (Å²) < 4.78 is 0. The van der Waals surface area contributed by atoms with Crippen LogP contribution in [0.2, 0.25) is 0 Å². The van der Waals surface area contributed by atoms with Crippen LogP contribution < -0.4 is 10.6 Å². The third-order valence-corrected chi connectivity index (χ3v) is 1.66. The third kappa shape index (κ3) is 2.20. The van der Waals surface area contributed by atoms with Crippen molar-refractivity contribution in [3.8, 4) is 0 Å². The van der Waals surface area contributed by atoms with Gasteiger partial charge in [0.05, 0.1) is 0 Å². The summed E-state index contributed by atoms with van der Waals surface area (Å²) in [7, 11) is 0. The molecular formula is C7H13ClN2O2. The Morgan fingerprint density at radius 2 is 2.33 bits per heavy atom. The van der Waals surface area contributed by atoms with Gasteiger partial charge in [0.25, 0.3) is 5.91 Å². The van der Waals surface area contributed by atoms with E-state index in [1.165, 1.54) is 0 Å². The average molecular weight is 193 g/mol. The molecule has 0 aliphatic carbocycles. The Bertz CT molecular complexity index is 180. The summed E-state index contributed by atoms with van der Waals surface area (Å²) in [6.07, 6.45) is 1.58. The summed E-state index contributed by atoms with van der Waals surface area (Å²) in [5.41, 5.74) is -1.18. The molecule has 1 rings (SSSR count). The second kappa shape index (κ2) is 4.45. The molecule has 3 N–H and O–H groups in total. The number of β-amino-alcohol motifs (C(OH)–C–C–N with tert-alkyl or cyclic N) is 1. The van der Waals surface area contributed by atoms with Crippen molar-refractivity contribution in [2.75, 3.05) is 19.6 Å². The minimum absolute atomic E-state index is 0. The number of nitrogens with one attached hydrogen (secondary N) is 2. The standard InChI is InChI=1S/C7H12N2O2.ClH/c1-2-3-9-6(10)7(11)4-8-5-7;/h2,8,11H,1,3-5H2,(H,9,10);1H. The van der Waals surface area contributed by atoms with Gasteiger partial charge in [-0.05, 0) is 0 Å². The second-order valence-corrected chi connectivity index (χ2v) is 2.63. The molecule has 0 unspecified atom stereocenters. The lowest BCUT2D eigenvalue weighted by atomic mass is 9.96. The van der Waals surface area contributed by atoms with E-state index in [1.807, 2.05) is 0 Å². The van der Waals surface area contributed by atoms with Crippen LogP contribution in [0.3, 0.4) is 0 Å². The van der Waals surface area contributed by atoms with E-state index in [0.717, 1.165) is 0 Å². The predicted octanol–water partition coefficient (Wildman–Crippen LogP) is -0.955. The van der Waals surface area contributed by atoms with E-state index in [9.17, 15) is 9.90 Å². The molecule has 1 heterocycles. The molecule has 0 aromatic heterocycles. The van der Waals surface area contributed by atoms with E-state index in [-0.39, 0.29) is 18.3 Å². The van der Waals surface area contributed by atoms with Crippen LogP contribution in [0.25, 0.3) is 0 Å². The minimum Gasteiger partial charge on any atom is -0.377 e. The van der Waals surface area contributed by atoms with Gasteiger partial charge in [0.1, 0.15) is 0 Å². The monoisotopic (exact) mass is 192 g/mol. The van der Waals surface area contributed by atoms with Gasteiger partial charge in [0.15, 0.2) is 5.60 Å². The Morgan fingerprint density at radius 1 is 1.75 bits per heavy atom. The van der Waals surface area contributed by atoms with E-state index in [0.29, 0.717) is 19.6 Å². The molecular weight excluding hydrogens is 180 g/mol. The van der Waals surface area contributed by atoms with Crippen LogP contribution in [0.5, 0.6) is 0 Å². The minimum atomic E-state index is -1.18. The van der Waals surface area contributed by atoms with Gasteiger partial charge >= 0.3 is 0 Å². The Balaban J connectivity index is 0.00000121. The number of hydrogen-bond donors (Lipinski definition) is 3. The van der Waals surface area contributed by atoms with E-state index < -0.39 is 5.60 Å². The number of halogens is 1. The zero-order valence-corrected chi connectivity index (χ0v) is 7.49. The zero-order chi connectivity index (χ0) is 8.32. The van der Waals surface area contributed by atoms with Crippen molar-refractivity contribution in [3.63, 3.8) is 0 Å². The summed E-state index contributed by atoms with van der Waals surface area (Å²) in [6.45, 7) is 4.54. The van der Waals surface area contributed by atoms with Gasteiger partial charge in [-0.3, -0.25) is 4.79 Å². The lowest BCUT2D eigenvalue weighted by Crippen LogP contribution is -2.67. The fourth-order valence-corrected chi connectivity index (χ4v) is 0.852. The van der Waals surface area contributed by atoms with Crippen molar-refractivity contribution in [1.29, 1.82) is 0 Å². The van der Waals surface area contributed by atoms with E-state index in [2.05, 4.69) is 17.2 Å². The van der Waals surface area contributed by atoms with Gasteiger partial charge in [-0.1, -0.05) is 6.08 Å². The largest absolute Gasteiger partial charge is 0.377 e. The van der Waals surface area contributed by atoms with E-state index >= 15 is 0 Å². The maximum atomic E-state index is 11.1. The first-order chi connectivity index (χ1) is 5.19. The molecule has 0 aromatic carbocycles. The molecule has 1 aliphatic heterocycles. The summed E-state index contributed by atoms with van der Waals surface area (Å²) in [6, 6.07) is 0. The van der Waals surface area contributed by atoms with Gasteiger partial charge in [-0.2, -0.15) is 0 Å². The van der Waals surface area contributed by atoms with Gasteiger partial charge in [0.2, 0.25) is 0 Å². The molecule has 70 valence electrons. The summed E-state index contributed by atoms with van der Waals surface area (Å²) in [5.74, 6) is -0.323. The molecule has 0 bridgehead atoms. The summed E-state index contributed by atoms with van der Waals surface area (Å²) >= 11 is 0. The Kier molecular flexibility index (Phi) is 4.23. The van der Waals surface area contributed by atoms with Crippen molar-refractivity contribution in [1.82, 2.24) is 10.6 Å². The topological polar surface area (TPSA) is 61.4 Å². The van der Waals surface area contributed by atoms with Crippen molar-refractivity contribution in [3.05, 3.63) is 12.7 Å². The number of hydrogen-bond acceptors (Lipinski definition) is 3.